The van der Waals surface area contributed by atoms with Gasteiger partial charge in [0.05, 0.1) is 5.02 Å². The Labute approximate surface area is 131 Å². The molecule has 6 heteroatoms. The van der Waals surface area contributed by atoms with Crippen LogP contribution in [0.4, 0.5) is 0 Å². The normalized spacial score (nSPS) is 10.3. The monoisotopic (exact) mass is 328 g/mol. The van der Waals surface area contributed by atoms with Crippen molar-refractivity contribution < 1.29 is 4.74 Å². The zero-order chi connectivity index (χ0) is 14.7. The van der Waals surface area contributed by atoms with E-state index in [0.717, 1.165) is 5.56 Å². The van der Waals surface area contributed by atoms with Crippen molar-refractivity contribution in [1.29, 1.82) is 5.41 Å². The topological polar surface area (TPSA) is 59.1 Å². The fourth-order valence-corrected chi connectivity index (χ4v) is 2.26. The number of nitrogens with two attached hydrogens (primary N) is 1. The molecule has 2 aromatic carbocycles. The molecule has 0 amide bonds. The van der Waals surface area contributed by atoms with Crippen molar-refractivity contribution in [2.24, 2.45) is 5.73 Å². The molecular formula is C14H11Cl3N2O. The summed E-state index contributed by atoms with van der Waals surface area (Å²) in [7, 11) is 0. The van der Waals surface area contributed by atoms with Crippen LogP contribution in [0.25, 0.3) is 0 Å². The first kappa shape index (κ1) is 15.0. The Hall–Kier alpha value is -1.42. The van der Waals surface area contributed by atoms with Gasteiger partial charge < -0.3 is 10.5 Å². The highest BCUT2D eigenvalue weighted by Crippen LogP contribution is 2.25. The molecule has 2 aromatic rings. The molecule has 0 radical (unpaired) electrons. The van der Waals surface area contributed by atoms with Gasteiger partial charge in [-0.15, -0.1) is 0 Å². The van der Waals surface area contributed by atoms with Crippen molar-refractivity contribution in [3.63, 3.8) is 0 Å². The van der Waals surface area contributed by atoms with Gasteiger partial charge in [-0.2, -0.15) is 0 Å². The van der Waals surface area contributed by atoms with Crippen molar-refractivity contribution in [2.75, 3.05) is 0 Å². The molecule has 20 heavy (non-hydrogen) atoms. The Morgan fingerprint density at radius 3 is 2.45 bits per heavy atom. The van der Waals surface area contributed by atoms with Crippen LogP contribution >= 0.6 is 34.8 Å². The average molecular weight is 330 g/mol. The minimum absolute atomic E-state index is 0.0839. The second-order valence-electron chi connectivity index (χ2n) is 4.08. The highest BCUT2D eigenvalue weighted by molar-refractivity contribution is 6.34. The van der Waals surface area contributed by atoms with Crippen LogP contribution < -0.4 is 10.5 Å². The summed E-state index contributed by atoms with van der Waals surface area (Å²) in [4.78, 5) is 0. The Balaban J connectivity index is 2.13. The first-order valence-corrected chi connectivity index (χ1v) is 6.81. The number of nitrogen functional groups attached to an aromatic ring is 1. The molecule has 0 aliphatic rings. The third-order valence-electron chi connectivity index (χ3n) is 2.63. The minimum Gasteiger partial charge on any atom is -0.489 e. The van der Waals surface area contributed by atoms with Crippen LogP contribution in [-0.2, 0) is 6.61 Å². The minimum atomic E-state index is -0.0839. The summed E-state index contributed by atoms with van der Waals surface area (Å²) in [5, 5.41) is 8.90. The molecule has 0 saturated carbocycles. The van der Waals surface area contributed by atoms with Crippen LogP contribution in [0.3, 0.4) is 0 Å². The van der Waals surface area contributed by atoms with E-state index >= 15 is 0 Å². The second-order valence-corrected chi connectivity index (χ2v) is 5.33. The van der Waals surface area contributed by atoms with Crippen LogP contribution in [0.15, 0.2) is 36.4 Å². The Morgan fingerprint density at radius 1 is 1.05 bits per heavy atom. The lowest BCUT2D eigenvalue weighted by Crippen LogP contribution is -2.11. The number of rotatable bonds is 4. The Bertz CT molecular complexity index is 659. The number of hydrogen-bond acceptors (Lipinski definition) is 2. The van der Waals surface area contributed by atoms with Crippen molar-refractivity contribution in [3.05, 3.63) is 62.6 Å². The van der Waals surface area contributed by atoms with E-state index in [1.54, 1.807) is 36.4 Å². The van der Waals surface area contributed by atoms with Crippen molar-refractivity contribution in [2.45, 2.75) is 6.61 Å². The fraction of sp³-hybridized carbons (Fsp3) is 0.0714. The molecule has 0 atom stereocenters. The summed E-state index contributed by atoms with van der Waals surface area (Å²) >= 11 is 18.0. The van der Waals surface area contributed by atoms with E-state index in [9.17, 15) is 0 Å². The summed E-state index contributed by atoms with van der Waals surface area (Å²) in [6.45, 7) is 0.273. The van der Waals surface area contributed by atoms with Gasteiger partial charge in [-0.05, 0) is 36.4 Å². The molecule has 104 valence electrons. The van der Waals surface area contributed by atoms with E-state index in [1.165, 1.54) is 0 Å². The maximum Gasteiger partial charge on any atom is 0.124 e. The highest BCUT2D eigenvalue weighted by Gasteiger charge is 2.07. The van der Waals surface area contributed by atoms with Gasteiger partial charge in [-0.25, -0.2) is 0 Å². The predicted octanol–water partition coefficient (Wildman–Crippen LogP) is 4.51. The smallest absolute Gasteiger partial charge is 0.124 e. The van der Waals surface area contributed by atoms with Gasteiger partial charge in [0.1, 0.15) is 18.2 Å². The lowest BCUT2D eigenvalue weighted by atomic mass is 10.2. The van der Waals surface area contributed by atoms with E-state index in [1.807, 2.05) is 0 Å². The van der Waals surface area contributed by atoms with E-state index < -0.39 is 0 Å². The predicted molar refractivity (Wildman–Crippen MR) is 83.3 cm³/mol. The molecule has 0 fully saturated rings. The van der Waals surface area contributed by atoms with Crippen LogP contribution in [-0.4, -0.2) is 5.84 Å². The zero-order valence-corrected chi connectivity index (χ0v) is 12.6. The highest BCUT2D eigenvalue weighted by atomic mass is 35.5. The van der Waals surface area contributed by atoms with Gasteiger partial charge >= 0.3 is 0 Å². The molecule has 0 unspecified atom stereocenters. The number of amidine groups is 1. The van der Waals surface area contributed by atoms with Crippen molar-refractivity contribution in [3.8, 4) is 5.75 Å². The van der Waals surface area contributed by atoms with E-state index in [2.05, 4.69) is 0 Å². The Morgan fingerprint density at radius 2 is 1.80 bits per heavy atom. The maximum atomic E-state index is 7.36. The lowest BCUT2D eigenvalue weighted by Gasteiger charge is -2.10. The van der Waals surface area contributed by atoms with Crippen LogP contribution in [0.2, 0.25) is 15.1 Å². The molecule has 2 rings (SSSR count). The van der Waals surface area contributed by atoms with Gasteiger partial charge in [-0.3, -0.25) is 5.41 Å². The molecule has 0 spiro atoms. The number of halogens is 3. The van der Waals surface area contributed by atoms with Gasteiger partial charge in [0.25, 0.3) is 0 Å². The van der Waals surface area contributed by atoms with Crippen molar-refractivity contribution in [1.82, 2.24) is 0 Å². The zero-order valence-electron chi connectivity index (χ0n) is 10.3. The average Bonchev–Trinajstić information content (AvgIpc) is 2.39. The number of hydrogen-bond donors (Lipinski definition) is 2. The first-order valence-electron chi connectivity index (χ1n) is 5.68. The molecular weight excluding hydrogens is 319 g/mol. The molecule has 0 aromatic heterocycles. The van der Waals surface area contributed by atoms with Gasteiger partial charge in [0.2, 0.25) is 0 Å². The SMILES string of the molecule is N=C(N)c1ccc(OCc2cc(Cl)ccc2Cl)cc1Cl. The lowest BCUT2D eigenvalue weighted by molar-refractivity contribution is 0.306. The molecule has 3 N–H and O–H groups in total. The first-order chi connectivity index (χ1) is 9.47. The second kappa shape index (κ2) is 6.35. The third kappa shape index (κ3) is 3.57. The van der Waals surface area contributed by atoms with Gasteiger partial charge in [-0.1, -0.05) is 34.8 Å². The molecule has 0 aliphatic carbocycles. The number of benzene rings is 2. The fourth-order valence-electron chi connectivity index (χ4n) is 1.62. The summed E-state index contributed by atoms with van der Waals surface area (Å²) < 4.78 is 5.60. The van der Waals surface area contributed by atoms with E-state index in [-0.39, 0.29) is 12.4 Å². The van der Waals surface area contributed by atoms with E-state index in [0.29, 0.717) is 26.4 Å². The van der Waals surface area contributed by atoms with Crippen molar-refractivity contribution >= 4 is 40.6 Å². The molecule has 0 heterocycles. The quantitative estimate of drug-likeness (QED) is 0.640. The molecule has 0 aliphatic heterocycles. The maximum absolute atomic E-state index is 7.36. The molecule has 3 nitrogen and oxygen atoms in total. The molecule has 0 saturated heterocycles. The number of ether oxygens (including phenoxy) is 1. The van der Waals surface area contributed by atoms with Crippen LogP contribution in [0, 0.1) is 5.41 Å². The third-order valence-corrected chi connectivity index (χ3v) is 3.55. The Kier molecular flexibility index (Phi) is 4.76. The largest absolute Gasteiger partial charge is 0.489 e. The van der Waals surface area contributed by atoms with Crippen LogP contribution in [0.5, 0.6) is 5.75 Å². The summed E-state index contributed by atoms with van der Waals surface area (Å²) in [6, 6.07) is 10.1. The standard InChI is InChI=1S/C14H11Cl3N2O/c15-9-1-4-12(16)8(5-9)7-20-10-2-3-11(14(18)19)13(17)6-10/h1-6H,7H2,(H3,18,19). The summed E-state index contributed by atoms with van der Waals surface area (Å²) in [5.74, 6) is 0.482. The molecule has 0 bridgehead atoms. The van der Waals surface area contributed by atoms with Crippen LogP contribution in [0.1, 0.15) is 11.1 Å². The summed E-state index contributed by atoms with van der Waals surface area (Å²) in [5.41, 5.74) is 6.65. The van der Waals surface area contributed by atoms with Gasteiger partial charge in [0.15, 0.2) is 0 Å². The number of nitrogens with one attached hydrogen (secondary N) is 1. The van der Waals surface area contributed by atoms with Gasteiger partial charge in [0, 0.05) is 21.2 Å². The van der Waals surface area contributed by atoms with E-state index in [4.69, 9.17) is 50.7 Å². The summed E-state index contributed by atoms with van der Waals surface area (Å²) in [6.07, 6.45) is 0.